The largest absolute Gasteiger partial charge is 0.497 e. The molecule has 0 aliphatic rings. The van der Waals surface area contributed by atoms with Crippen molar-refractivity contribution in [1.82, 2.24) is 0 Å². The molecule has 4 nitrogen and oxygen atoms in total. The number of nitrogens with one attached hydrogen (secondary N) is 1. The van der Waals surface area contributed by atoms with E-state index in [-0.39, 0.29) is 12.3 Å². The molecule has 1 N–H and O–H groups in total. The van der Waals surface area contributed by atoms with Gasteiger partial charge in [0.05, 0.1) is 13.5 Å². The fourth-order valence-electron chi connectivity index (χ4n) is 2.67. The molecule has 3 aromatic rings. The third-order valence-electron chi connectivity index (χ3n) is 4.05. The first-order valence-corrected chi connectivity index (χ1v) is 8.26. The highest BCUT2D eigenvalue weighted by atomic mass is 16.5. The molecule has 0 bridgehead atoms. The SMILES string of the molecule is COc1cccc(CC(=O)Nc2ccc(-c3ccc(C=O)cc3)cc2)c1. The van der Waals surface area contributed by atoms with E-state index in [1.165, 1.54) is 0 Å². The molecule has 0 unspecified atom stereocenters. The number of carbonyl (C=O) groups is 2. The second-order valence-electron chi connectivity index (χ2n) is 5.89. The highest BCUT2D eigenvalue weighted by molar-refractivity contribution is 5.92. The van der Waals surface area contributed by atoms with Gasteiger partial charge in [0, 0.05) is 11.3 Å². The van der Waals surface area contributed by atoms with Crippen LogP contribution in [0, 0.1) is 0 Å². The van der Waals surface area contributed by atoms with Crippen molar-refractivity contribution in [3.63, 3.8) is 0 Å². The highest BCUT2D eigenvalue weighted by Gasteiger charge is 2.06. The Labute approximate surface area is 152 Å². The lowest BCUT2D eigenvalue weighted by atomic mass is 10.0. The van der Waals surface area contributed by atoms with Gasteiger partial charge in [-0.2, -0.15) is 0 Å². The molecular formula is C22H19NO3. The summed E-state index contributed by atoms with van der Waals surface area (Å²) in [6.07, 6.45) is 1.11. The standard InChI is InChI=1S/C22H19NO3/c1-26-21-4-2-3-17(13-21)14-22(25)23-20-11-9-19(10-12-20)18-7-5-16(15-24)6-8-18/h2-13,15H,14H2,1H3,(H,23,25). The van der Waals surface area contributed by atoms with Crippen molar-refractivity contribution >= 4 is 17.9 Å². The van der Waals surface area contributed by atoms with Gasteiger partial charge < -0.3 is 10.1 Å². The molecule has 0 saturated carbocycles. The van der Waals surface area contributed by atoms with Crippen LogP contribution < -0.4 is 10.1 Å². The van der Waals surface area contributed by atoms with Gasteiger partial charge in [-0.05, 0) is 41.0 Å². The zero-order valence-corrected chi connectivity index (χ0v) is 14.4. The monoisotopic (exact) mass is 345 g/mol. The predicted molar refractivity (Wildman–Crippen MR) is 103 cm³/mol. The van der Waals surface area contributed by atoms with Gasteiger partial charge in [-0.3, -0.25) is 9.59 Å². The van der Waals surface area contributed by atoms with Crippen LogP contribution in [-0.2, 0) is 11.2 Å². The van der Waals surface area contributed by atoms with E-state index in [0.29, 0.717) is 5.56 Å². The van der Waals surface area contributed by atoms with Crippen molar-refractivity contribution < 1.29 is 14.3 Å². The number of rotatable bonds is 6. The summed E-state index contributed by atoms with van der Waals surface area (Å²) in [7, 11) is 1.60. The van der Waals surface area contributed by atoms with Crippen LogP contribution in [0.15, 0.2) is 72.8 Å². The average molecular weight is 345 g/mol. The van der Waals surface area contributed by atoms with E-state index >= 15 is 0 Å². The molecule has 0 aliphatic carbocycles. The Bertz CT molecular complexity index is 899. The molecule has 0 heterocycles. The third kappa shape index (κ3) is 4.36. The smallest absolute Gasteiger partial charge is 0.228 e. The lowest BCUT2D eigenvalue weighted by Crippen LogP contribution is -2.14. The van der Waals surface area contributed by atoms with Crippen molar-refractivity contribution in [2.45, 2.75) is 6.42 Å². The van der Waals surface area contributed by atoms with Crippen LogP contribution in [0.1, 0.15) is 15.9 Å². The molecule has 0 aromatic heterocycles. The van der Waals surface area contributed by atoms with Gasteiger partial charge in [-0.1, -0.05) is 48.5 Å². The normalized spacial score (nSPS) is 10.2. The molecule has 3 aromatic carbocycles. The van der Waals surface area contributed by atoms with Crippen molar-refractivity contribution in [2.75, 3.05) is 12.4 Å². The van der Waals surface area contributed by atoms with Crippen molar-refractivity contribution in [2.24, 2.45) is 0 Å². The van der Waals surface area contributed by atoms with Crippen LogP contribution in [0.2, 0.25) is 0 Å². The Hall–Kier alpha value is -3.40. The van der Waals surface area contributed by atoms with E-state index in [4.69, 9.17) is 4.74 Å². The quantitative estimate of drug-likeness (QED) is 0.676. The maximum absolute atomic E-state index is 12.2. The Morgan fingerprint density at radius 3 is 2.23 bits per heavy atom. The van der Waals surface area contributed by atoms with Crippen LogP contribution in [-0.4, -0.2) is 19.3 Å². The second kappa shape index (κ2) is 8.12. The van der Waals surface area contributed by atoms with E-state index in [1.54, 1.807) is 19.2 Å². The van der Waals surface area contributed by atoms with Gasteiger partial charge in [0.15, 0.2) is 0 Å². The molecule has 4 heteroatoms. The summed E-state index contributed by atoms with van der Waals surface area (Å²) in [5, 5.41) is 2.90. The van der Waals surface area contributed by atoms with Crippen molar-refractivity contribution in [1.29, 1.82) is 0 Å². The maximum atomic E-state index is 12.2. The van der Waals surface area contributed by atoms with Crippen LogP contribution in [0.5, 0.6) is 5.75 Å². The average Bonchev–Trinajstić information content (AvgIpc) is 2.69. The molecule has 0 spiro atoms. The minimum atomic E-state index is -0.0821. The van der Waals surface area contributed by atoms with Crippen LogP contribution in [0.25, 0.3) is 11.1 Å². The van der Waals surface area contributed by atoms with Crippen LogP contribution in [0.4, 0.5) is 5.69 Å². The Morgan fingerprint density at radius 1 is 0.962 bits per heavy atom. The molecule has 0 atom stereocenters. The van der Waals surface area contributed by atoms with Crippen molar-refractivity contribution in [3.8, 4) is 16.9 Å². The van der Waals surface area contributed by atoms with Crippen LogP contribution in [0.3, 0.4) is 0 Å². The van der Waals surface area contributed by atoms with Gasteiger partial charge in [0.1, 0.15) is 12.0 Å². The minimum Gasteiger partial charge on any atom is -0.497 e. The number of anilines is 1. The molecule has 130 valence electrons. The fraction of sp³-hybridized carbons (Fsp3) is 0.0909. The number of hydrogen-bond acceptors (Lipinski definition) is 3. The summed E-state index contributed by atoms with van der Waals surface area (Å²) in [6.45, 7) is 0. The molecule has 1 amide bonds. The number of methoxy groups -OCH3 is 1. The number of ether oxygens (including phenoxy) is 1. The summed E-state index contributed by atoms with van der Waals surface area (Å²) < 4.78 is 5.17. The zero-order chi connectivity index (χ0) is 18.4. The fourth-order valence-corrected chi connectivity index (χ4v) is 2.67. The number of benzene rings is 3. The number of aldehydes is 1. The summed E-state index contributed by atoms with van der Waals surface area (Å²) in [4.78, 5) is 22.9. The van der Waals surface area contributed by atoms with E-state index in [1.807, 2.05) is 60.7 Å². The van der Waals surface area contributed by atoms with Gasteiger partial charge in [0.25, 0.3) is 0 Å². The first-order chi connectivity index (χ1) is 12.7. The lowest BCUT2D eigenvalue weighted by Gasteiger charge is -2.08. The van der Waals surface area contributed by atoms with Gasteiger partial charge >= 0.3 is 0 Å². The Morgan fingerprint density at radius 2 is 1.62 bits per heavy atom. The van der Waals surface area contributed by atoms with Gasteiger partial charge in [-0.15, -0.1) is 0 Å². The van der Waals surface area contributed by atoms with E-state index in [0.717, 1.165) is 34.4 Å². The Balaban J connectivity index is 1.64. The summed E-state index contributed by atoms with van der Waals surface area (Å²) in [5.74, 6) is 0.654. The maximum Gasteiger partial charge on any atom is 0.228 e. The first kappa shape index (κ1) is 17.4. The van der Waals surface area contributed by atoms with Crippen molar-refractivity contribution in [3.05, 3.63) is 83.9 Å². The first-order valence-electron chi connectivity index (χ1n) is 8.26. The lowest BCUT2D eigenvalue weighted by molar-refractivity contribution is -0.115. The van der Waals surface area contributed by atoms with Gasteiger partial charge in [0.2, 0.25) is 5.91 Å². The predicted octanol–water partition coefficient (Wildman–Crippen LogP) is 4.36. The summed E-state index contributed by atoms with van der Waals surface area (Å²) in [5.41, 5.74) is 4.33. The number of amides is 1. The highest BCUT2D eigenvalue weighted by Crippen LogP contribution is 2.22. The van der Waals surface area contributed by atoms with E-state index in [2.05, 4.69) is 5.32 Å². The molecule has 0 radical (unpaired) electrons. The molecule has 0 aliphatic heterocycles. The zero-order valence-electron chi connectivity index (χ0n) is 14.4. The molecule has 3 rings (SSSR count). The molecule has 0 saturated heterocycles. The minimum absolute atomic E-state index is 0.0821. The van der Waals surface area contributed by atoms with Crippen LogP contribution >= 0.6 is 0 Å². The third-order valence-corrected chi connectivity index (χ3v) is 4.05. The summed E-state index contributed by atoms with van der Waals surface area (Å²) in [6, 6.07) is 22.5. The molecule has 26 heavy (non-hydrogen) atoms. The van der Waals surface area contributed by atoms with Gasteiger partial charge in [-0.25, -0.2) is 0 Å². The Kier molecular flexibility index (Phi) is 5.44. The molecular weight excluding hydrogens is 326 g/mol. The van der Waals surface area contributed by atoms with E-state index in [9.17, 15) is 9.59 Å². The molecule has 0 fully saturated rings. The number of hydrogen-bond donors (Lipinski definition) is 1. The number of carbonyl (C=O) groups excluding carboxylic acids is 2. The topological polar surface area (TPSA) is 55.4 Å². The summed E-state index contributed by atoms with van der Waals surface area (Å²) >= 11 is 0. The van der Waals surface area contributed by atoms with E-state index < -0.39 is 0 Å². The second-order valence-corrected chi connectivity index (χ2v) is 5.89.